The molecule has 2 rings (SSSR count). The summed E-state index contributed by atoms with van der Waals surface area (Å²) in [5.74, 6) is -0.597. The molecule has 0 unspecified atom stereocenters. The Bertz CT molecular complexity index is 614. The Morgan fingerprint density at radius 3 is 2.84 bits per heavy atom. The Morgan fingerprint density at radius 1 is 1.47 bits per heavy atom. The summed E-state index contributed by atoms with van der Waals surface area (Å²) in [5, 5.41) is 23.7. The van der Waals surface area contributed by atoms with E-state index < -0.39 is 10.8 Å². The molecule has 9 heteroatoms. The van der Waals surface area contributed by atoms with Crippen LogP contribution in [-0.4, -0.2) is 28.1 Å². The van der Waals surface area contributed by atoms with Crippen LogP contribution in [0.4, 0.5) is 16.5 Å². The number of aromatic nitrogens is 2. The SMILES string of the molecule is CNc1ccc([N+](=O)[O-])c(C(=O)Nc2nncs2)c1. The number of nitro benzene ring substituents is 1. The fourth-order valence-electron chi connectivity index (χ4n) is 1.42. The highest BCUT2D eigenvalue weighted by Crippen LogP contribution is 2.23. The third kappa shape index (κ3) is 2.83. The van der Waals surface area contributed by atoms with Crippen LogP contribution in [0.2, 0.25) is 0 Å². The number of benzene rings is 1. The zero-order valence-corrected chi connectivity index (χ0v) is 10.6. The quantitative estimate of drug-likeness (QED) is 0.651. The van der Waals surface area contributed by atoms with Crippen molar-refractivity contribution in [1.82, 2.24) is 10.2 Å². The van der Waals surface area contributed by atoms with E-state index in [2.05, 4.69) is 20.8 Å². The van der Waals surface area contributed by atoms with Gasteiger partial charge in [0.1, 0.15) is 11.1 Å². The Balaban J connectivity index is 2.35. The van der Waals surface area contributed by atoms with Gasteiger partial charge in [0.15, 0.2) is 0 Å². The van der Waals surface area contributed by atoms with Gasteiger partial charge >= 0.3 is 0 Å². The second kappa shape index (κ2) is 5.40. The number of amides is 1. The van der Waals surface area contributed by atoms with Crippen molar-refractivity contribution in [3.8, 4) is 0 Å². The molecule has 0 fully saturated rings. The molecule has 0 aliphatic heterocycles. The van der Waals surface area contributed by atoms with Crippen molar-refractivity contribution in [3.05, 3.63) is 39.4 Å². The molecule has 0 spiro atoms. The van der Waals surface area contributed by atoms with Crippen molar-refractivity contribution in [3.63, 3.8) is 0 Å². The molecule has 1 aromatic heterocycles. The Kier molecular flexibility index (Phi) is 3.66. The molecule has 8 nitrogen and oxygen atoms in total. The fourth-order valence-corrected chi connectivity index (χ4v) is 1.86. The van der Waals surface area contributed by atoms with Crippen LogP contribution in [0.3, 0.4) is 0 Å². The van der Waals surface area contributed by atoms with E-state index in [1.165, 1.54) is 23.7 Å². The van der Waals surface area contributed by atoms with E-state index >= 15 is 0 Å². The molecule has 0 saturated heterocycles. The van der Waals surface area contributed by atoms with Crippen LogP contribution in [0.15, 0.2) is 23.7 Å². The Labute approximate surface area is 111 Å². The largest absolute Gasteiger partial charge is 0.388 e. The summed E-state index contributed by atoms with van der Waals surface area (Å²) in [4.78, 5) is 22.3. The maximum absolute atomic E-state index is 12.0. The smallest absolute Gasteiger partial charge is 0.282 e. The molecular weight excluding hydrogens is 270 g/mol. The average Bonchev–Trinajstić information content (AvgIpc) is 2.90. The van der Waals surface area contributed by atoms with Crippen LogP contribution < -0.4 is 10.6 Å². The average molecular weight is 279 g/mol. The van der Waals surface area contributed by atoms with E-state index in [1.807, 2.05) is 0 Å². The van der Waals surface area contributed by atoms with Gasteiger partial charge in [-0.1, -0.05) is 11.3 Å². The van der Waals surface area contributed by atoms with E-state index in [9.17, 15) is 14.9 Å². The summed E-state index contributed by atoms with van der Waals surface area (Å²) in [6.07, 6.45) is 0. The Morgan fingerprint density at radius 2 is 2.26 bits per heavy atom. The summed E-state index contributed by atoms with van der Waals surface area (Å²) in [6, 6.07) is 4.22. The maximum atomic E-state index is 12.0. The first-order chi connectivity index (χ1) is 9.11. The van der Waals surface area contributed by atoms with Gasteiger partial charge in [0.25, 0.3) is 11.6 Å². The van der Waals surface area contributed by atoms with Crippen molar-refractivity contribution >= 4 is 33.8 Å². The van der Waals surface area contributed by atoms with Gasteiger partial charge in [-0.15, -0.1) is 10.2 Å². The lowest BCUT2D eigenvalue weighted by Gasteiger charge is -2.05. The van der Waals surface area contributed by atoms with Crippen molar-refractivity contribution in [2.75, 3.05) is 17.7 Å². The zero-order chi connectivity index (χ0) is 13.8. The third-order valence-electron chi connectivity index (χ3n) is 2.31. The Hall–Kier alpha value is -2.55. The minimum Gasteiger partial charge on any atom is -0.388 e. The van der Waals surface area contributed by atoms with Gasteiger partial charge in [0.05, 0.1) is 4.92 Å². The normalized spacial score (nSPS) is 9.95. The predicted molar refractivity (Wildman–Crippen MR) is 70.5 cm³/mol. The minimum absolute atomic E-state index is 0.0351. The molecule has 2 aromatic rings. The number of rotatable bonds is 4. The molecule has 98 valence electrons. The minimum atomic E-state index is -0.603. The van der Waals surface area contributed by atoms with Crippen LogP contribution >= 0.6 is 11.3 Å². The van der Waals surface area contributed by atoms with Crippen molar-refractivity contribution < 1.29 is 9.72 Å². The van der Waals surface area contributed by atoms with Crippen molar-refractivity contribution in [2.24, 2.45) is 0 Å². The highest BCUT2D eigenvalue weighted by molar-refractivity contribution is 7.13. The monoisotopic (exact) mass is 279 g/mol. The summed E-state index contributed by atoms with van der Waals surface area (Å²) < 4.78 is 0. The number of carbonyl (C=O) groups excluding carboxylic acids is 1. The number of hydrogen-bond acceptors (Lipinski definition) is 7. The summed E-state index contributed by atoms with van der Waals surface area (Å²) in [5.41, 5.74) is 1.76. The number of nitrogens with one attached hydrogen (secondary N) is 2. The van der Waals surface area contributed by atoms with Crippen LogP contribution in [0.1, 0.15) is 10.4 Å². The topological polar surface area (TPSA) is 110 Å². The molecule has 0 radical (unpaired) electrons. The van der Waals surface area contributed by atoms with Gasteiger partial charge in [-0.2, -0.15) is 0 Å². The third-order valence-corrected chi connectivity index (χ3v) is 2.91. The summed E-state index contributed by atoms with van der Waals surface area (Å²) >= 11 is 1.13. The van der Waals surface area contributed by atoms with Gasteiger partial charge in [0, 0.05) is 18.8 Å². The molecule has 0 saturated carbocycles. The van der Waals surface area contributed by atoms with E-state index in [1.54, 1.807) is 7.05 Å². The van der Waals surface area contributed by atoms with Gasteiger partial charge in [-0.05, 0) is 12.1 Å². The van der Waals surface area contributed by atoms with Crippen molar-refractivity contribution in [1.29, 1.82) is 0 Å². The molecule has 2 N–H and O–H groups in total. The van der Waals surface area contributed by atoms with E-state index in [-0.39, 0.29) is 16.4 Å². The zero-order valence-electron chi connectivity index (χ0n) is 9.78. The molecular formula is C10H9N5O3S. The summed E-state index contributed by atoms with van der Waals surface area (Å²) in [7, 11) is 1.66. The number of carbonyl (C=O) groups is 1. The lowest BCUT2D eigenvalue weighted by molar-refractivity contribution is -0.385. The molecule has 0 bridgehead atoms. The van der Waals surface area contributed by atoms with Crippen LogP contribution in [0.5, 0.6) is 0 Å². The lowest BCUT2D eigenvalue weighted by Crippen LogP contribution is -2.14. The van der Waals surface area contributed by atoms with E-state index in [0.717, 1.165) is 11.3 Å². The summed E-state index contributed by atoms with van der Waals surface area (Å²) in [6.45, 7) is 0. The fraction of sp³-hybridized carbons (Fsp3) is 0.100. The van der Waals surface area contributed by atoms with Crippen LogP contribution in [0, 0.1) is 10.1 Å². The molecule has 0 atom stereocenters. The molecule has 1 amide bonds. The second-order valence-electron chi connectivity index (χ2n) is 3.44. The van der Waals surface area contributed by atoms with Gasteiger partial charge in [0.2, 0.25) is 5.13 Å². The first-order valence-electron chi connectivity index (χ1n) is 5.15. The standard InChI is InChI=1S/C10H9N5O3S/c1-11-6-2-3-8(15(17)18)7(4-6)9(16)13-10-14-12-5-19-10/h2-5,11H,1H3,(H,13,14,16). The highest BCUT2D eigenvalue weighted by atomic mass is 32.1. The van der Waals surface area contributed by atoms with E-state index in [4.69, 9.17) is 0 Å². The van der Waals surface area contributed by atoms with Crippen LogP contribution in [0.25, 0.3) is 0 Å². The van der Waals surface area contributed by atoms with Gasteiger partial charge < -0.3 is 5.32 Å². The maximum Gasteiger partial charge on any atom is 0.282 e. The van der Waals surface area contributed by atoms with Crippen molar-refractivity contribution in [2.45, 2.75) is 0 Å². The van der Waals surface area contributed by atoms with Crippen LogP contribution in [-0.2, 0) is 0 Å². The molecule has 0 aliphatic carbocycles. The highest BCUT2D eigenvalue weighted by Gasteiger charge is 2.21. The van der Waals surface area contributed by atoms with Gasteiger partial charge in [-0.3, -0.25) is 20.2 Å². The number of hydrogen-bond donors (Lipinski definition) is 2. The number of anilines is 2. The number of nitrogens with zero attached hydrogens (tertiary/aromatic N) is 3. The molecule has 1 aromatic carbocycles. The van der Waals surface area contributed by atoms with Gasteiger partial charge in [-0.25, -0.2) is 0 Å². The second-order valence-corrected chi connectivity index (χ2v) is 4.27. The first kappa shape index (κ1) is 12.9. The lowest BCUT2D eigenvalue weighted by atomic mass is 10.1. The predicted octanol–water partition coefficient (Wildman–Crippen LogP) is 1.74. The number of nitro groups is 1. The van der Waals surface area contributed by atoms with E-state index in [0.29, 0.717) is 5.69 Å². The molecule has 1 heterocycles. The molecule has 19 heavy (non-hydrogen) atoms. The molecule has 0 aliphatic rings. The first-order valence-corrected chi connectivity index (χ1v) is 6.03.